The second kappa shape index (κ2) is 56.4. The predicted molar refractivity (Wildman–Crippen MR) is 288 cm³/mol. The van der Waals surface area contributed by atoms with Gasteiger partial charge in [-0.2, -0.15) is 0 Å². The van der Waals surface area contributed by atoms with Gasteiger partial charge in [0.25, 0.3) is 0 Å². The number of unbranched alkanes of at least 4 members (excludes halogenated alkanes) is 26. The molecule has 66 heavy (non-hydrogen) atoms. The quantitative estimate of drug-likeness (QED) is 0.0346. The maximum Gasteiger partial charge on any atom is 0.306 e. The van der Waals surface area contributed by atoms with E-state index in [4.69, 9.17) is 14.2 Å². The highest BCUT2D eigenvalue weighted by Crippen LogP contribution is 2.15. The van der Waals surface area contributed by atoms with E-state index in [0.29, 0.717) is 19.4 Å². The van der Waals surface area contributed by atoms with Gasteiger partial charge in [0.2, 0.25) is 0 Å². The van der Waals surface area contributed by atoms with Crippen LogP contribution in [-0.2, 0) is 23.8 Å². The van der Waals surface area contributed by atoms with Crippen molar-refractivity contribution in [3.8, 4) is 0 Å². The molecule has 0 bridgehead atoms. The Morgan fingerprint density at radius 3 is 1.14 bits per heavy atom. The fraction of sp³-hybridized carbons (Fsp3) is 0.738. The first-order valence-corrected chi connectivity index (χ1v) is 28.1. The molecule has 0 aliphatic heterocycles. The lowest BCUT2D eigenvalue weighted by Gasteiger charge is -2.18. The predicted octanol–water partition coefficient (Wildman–Crippen LogP) is 19.2. The Hall–Kier alpha value is -2.92. The van der Waals surface area contributed by atoms with Gasteiger partial charge in [0.1, 0.15) is 6.61 Å². The first-order chi connectivity index (χ1) is 32.6. The second-order valence-electron chi connectivity index (χ2n) is 18.5. The molecule has 0 rings (SSSR count). The first kappa shape index (κ1) is 63.1. The van der Waals surface area contributed by atoms with Gasteiger partial charge in [-0.15, -0.1) is 0 Å². The van der Waals surface area contributed by atoms with Crippen LogP contribution in [0, 0.1) is 0 Å². The number of rotatable bonds is 51. The van der Waals surface area contributed by atoms with Crippen molar-refractivity contribution in [3.05, 3.63) is 85.1 Å². The molecule has 0 radical (unpaired) electrons. The van der Waals surface area contributed by atoms with Crippen LogP contribution in [0.3, 0.4) is 0 Å². The third-order valence-electron chi connectivity index (χ3n) is 11.9. The minimum Gasteiger partial charge on any atom is -0.462 e. The van der Waals surface area contributed by atoms with Crippen LogP contribution in [0.5, 0.6) is 0 Å². The Bertz CT molecular complexity index is 1220. The van der Waals surface area contributed by atoms with Crippen molar-refractivity contribution in [1.82, 2.24) is 0 Å². The summed E-state index contributed by atoms with van der Waals surface area (Å²) in [6, 6.07) is 0. The van der Waals surface area contributed by atoms with E-state index in [1.807, 2.05) is 0 Å². The second-order valence-corrected chi connectivity index (χ2v) is 18.5. The largest absolute Gasteiger partial charge is 0.462 e. The molecule has 1 atom stereocenters. The standard InChI is InChI=1S/C61H106O5/c1-4-7-10-13-16-19-22-25-28-30-31-32-34-36-39-42-45-48-51-54-60(62)65-58-59(57-64-56-53-50-47-44-41-38-35-29-26-23-20-17-14-11-8-5-2)66-61(63)55-52-49-46-43-40-37-33-27-24-21-18-15-12-9-6-3/h9,12,16,18-19,21,25,27-28,31-33,36,39,59H,4-8,10-11,13-15,17,20,22-24,26,29-30,34-35,37-38,40-58H2,1-3H3/b12-9-,19-16-,21-18-,28-25-,32-31-,33-27-,39-36-/t59-/m1/s1. The van der Waals surface area contributed by atoms with Crippen LogP contribution in [0.4, 0.5) is 0 Å². The summed E-state index contributed by atoms with van der Waals surface area (Å²) in [6.07, 6.45) is 74.5. The summed E-state index contributed by atoms with van der Waals surface area (Å²) in [7, 11) is 0. The van der Waals surface area contributed by atoms with Crippen LogP contribution in [0.15, 0.2) is 85.1 Å². The third kappa shape index (κ3) is 53.7. The van der Waals surface area contributed by atoms with Gasteiger partial charge < -0.3 is 14.2 Å². The third-order valence-corrected chi connectivity index (χ3v) is 11.9. The molecular weight excluding hydrogens is 813 g/mol. The number of allylic oxidation sites excluding steroid dienone is 14. The van der Waals surface area contributed by atoms with Crippen LogP contribution in [0.1, 0.15) is 265 Å². The Morgan fingerprint density at radius 2 is 0.682 bits per heavy atom. The van der Waals surface area contributed by atoms with Crippen molar-refractivity contribution >= 4 is 11.9 Å². The summed E-state index contributed by atoms with van der Waals surface area (Å²) < 4.78 is 17.4. The molecule has 5 heteroatoms. The van der Waals surface area contributed by atoms with Crippen molar-refractivity contribution in [1.29, 1.82) is 0 Å². The van der Waals surface area contributed by atoms with Gasteiger partial charge in [0.15, 0.2) is 6.10 Å². The minimum absolute atomic E-state index is 0.0605. The number of hydrogen-bond acceptors (Lipinski definition) is 5. The topological polar surface area (TPSA) is 61.8 Å². The van der Waals surface area contributed by atoms with E-state index < -0.39 is 6.10 Å². The molecule has 380 valence electrons. The van der Waals surface area contributed by atoms with Crippen molar-refractivity contribution < 1.29 is 23.8 Å². The molecule has 0 aromatic rings. The van der Waals surface area contributed by atoms with Crippen LogP contribution in [0.2, 0.25) is 0 Å². The van der Waals surface area contributed by atoms with E-state index in [1.165, 1.54) is 128 Å². The summed E-state index contributed by atoms with van der Waals surface area (Å²) in [5, 5.41) is 0. The van der Waals surface area contributed by atoms with E-state index in [-0.39, 0.29) is 25.2 Å². The zero-order valence-corrected chi connectivity index (χ0v) is 43.7. The first-order valence-electron chi connectivity index (χ1n) is 28.1. The molecule has 0 N–H and O–H groups in total. The van der Waals surface area contributed by atoms with Gasteiger partial charge >= 0.3 is 11.9 Å². The molecule has 0 amide bonds. The van der Waals surface area contributed by atoms with E-state index in [2.05, 4.69) is 106 Å². The van der Waals surface area contributed by atoms with Crippen molar-refractivity contribution in [2.75, 3.05) is 19.8 Å². The number of hydrogen-bond donors (Lipinski definition) is 0. The van der Waals surface area contributed by atoms with E-state index in [0.717, 1.165) is 103 Å². The van der Waals surface area contributed by atoms with Crippen LogP contribution in [0.25, 0.3) is 0 Å². The van der Waals surface area contributed by atoms with Crippen LogP contribution in [-0.4, -0.2) is 37.9 Å². The zero-order valence-electron chi connectivity index (χ0n) is 43.7. The highest BCUT2D eigenvalue weighted by atomic mass is 16.6. The Labute approximate surface area is 409 Å². The SMILES string of the molecule is CC/C=C\C/C=C\C/C=C\CCCCCCCC(=O)O[C@H](COCCCCCCCCCCCCCCCCCC)COC(=O)CCCCC/C=C\C/C=C\C/C=C\C/C=C\CCCCC. The van der Waals surface area contributed by atoms with Gasteiger partial charge in [0.05, 0.1) is 6.61 Å². The van der Waals surface area contributed by atoms with E-state index >= 15 is 0 Å². The van der Waals surface area contributed by atoms with Crippen LogP contribution >= 0.6 is 0 Å². The number of carbonyl (C=O) groups excluding carboxylic acids is 2. The van der Waals surface area contributed by atoms with E-state index in [1.54, 1.807) is 0 Å². The molecule has 0 spiro atoms. The molecule has 0 saturated carbocycles. The lowest BCUT2D eigenvalue weighted by atomic mass is 10.0. The lowest BCUT2D eigenvalue weighted by Crippen LogP contribution is -2.30. The van der Waals surface area contributed by atoms with E-state index in [9.17, 15) is 9.59 Å². The summed E-state index contributed by atoms with van der Waals surface area (Å²) >= 11 is 0. The number of esters is 2. The number of carbonyl (C=O) groups is 2. The summed E-state index contributed by atoms with van der Waals surface area (Å²) in [6.45, 7) is 7.66. The number of ether oxygens (including phenoxy) is 3. The highest BCUT2D eigenvalue weighted by Gasteiger charge is 2.17. The van der Waals surface area contributed by atoms with Crippen molar-refractivity contribution in [2.24, 2.45) is 0 Å². The maximum atomic E-state index is 12.8. The molecule has 0 fully saturated rings. The average molecular weight is 920 g/mol. The van der Waals surface area contributed by atoms with Gasteiger partial charge in [-0.25, -0.2) is 0 Å². The summed E-state index contributed by atoms with van der Waals surface area (Å²) in [5.74, 6) is -0.446. The summed E-state index contributed by atoms with van der Waals surface area (Å²) in [4.78, 5) is 25.5. The smallest absolute Gasteiger partial charge is 0.306 e. The Morgan fingerprint density at radius 1 is 0.348 bits per heavy atom. The molecule has 0 aromatic heterocycles. The molecule has 5 nitrogen and oxygen atoms in total. The zero-order chi connectivity index (χ0) is 47.7. The molecule has 0 aliphatic rings. The molecular formula is C61H106O5. The van der Waals surface area contributed by atoms with Gasteiger partial charge in [-0.05, 0) is 96.3 Å². The summed E-state index contributed by atoms with van der Waals surface area (Å²) in [5.41, 5.74) is 0. The van der Waals surface area contributed by atoms with Crippen LogP contribution < -0.4 is 0 Å². The Balaban J connectivity index is 4.35. The molecule has 0 unspecified atom stereocenters. The highest BCUT2D eigenvalue weighted by molar-refractivity contribution is 5.70. The van der Waals surface area contributed by atoms with Gasteiger partial charge in [0, 0.05) is 19.4 Å². The monoisotopic (exact) mass is 919 g/mol. The normalized spacial score (nSPS) is 12.8. The van der Waals surface area contributed by atoms with Gasteiger partial charge in [-0.3, -0.25) is 9.59 Å². The maximum absolute atomic E-state index is 12.8. The van der Waals surface area contributed by atoms with Crippen molar-refractivity contribution in [2.45, 2.75) is 271 Å². The fourth-order valence-corrected chi connectivity index (χ4v) is 7.74. The Kier molecular flexibility index (Phi) is 53.9. The molecule has 0 heterocycles. The van der Waals surface area contributed by atoms with Gasteiger partial charge in [-0.1, -0.05) is 241 Å². The molecule has 0 aliphatic carbocycles. The van der Waals surface area contributed by atoms with Crippen molar-refractivity contribution in [3.63, 3.8) is 0 Å². The lowest BCUT2D eigenvalue weighted by molar-refractivity contribution is -0.163. The average Bonchev–Trinajstić information content (AvgIpc) is 3.32. The fourth-order valence-electron chi connectivity index (χ4n) is 7.74. The molecule has 0 aromatic carbocycles. The minimum atomic E-state index is -0.561. The molecule has 0 saturated heterocycles.